The molecule has 0 aliphatic carbocycles. The van der Waals surface area contributed by atoms with E-state index in [-0.39, 0.29) is 17.7 Å². The molecule has 0 amide bonds. The zero-order valence-electron chi connectivity index (χ0n) is 15.9. The van der Waals surface area contributed by atoms with Gasteiger partial charge in [-0.05, 0) is 36.8 Å². The van der Waals surface area contributed by atoms with E-state index in [4.69, 9.17) is 9.84 Å². The van der Waals surface area contributed by atoms with Crippen LogP contribution in [0.3, 0.4) is 0 Å². The van der Waals surface area contributed by atoms with Crippen LogP contribution in [0, 0.1) is 6.92 Å². The second-order valence-electron chi connectivity index (χ2n) is 6.64. The van der Waals surface area contributed by atoms with Gasteiger partial charge < -0.3 is 9.84 Å². The van der Waals surface area contributed by atoms with Crippen LogP contribution in [-0.2, 0) is 19.7 Å². The van der Waals surface area contributed by atoms with E-state index < -0.39 is 67.6 Å². The highest BCUT2D eigenvalue weighted by Crippen LogP contribution is 3.02. The van der Waals surface area contributed by atoms with Crippen molar-refractivity contribution in [3.8, 4) is 11.5 Å². The summed E-state index contributed by atoms with van der Waals surface area (Å²) in [6, 6.07) is 2.25. The van der Waals surface area contributed by atoms with E-state index in [9.17, 15) is 41.1 Å². The molecule has 174 valence electrons. The van der Waals surface area contributed by atoms with Gasteiger partial charge in [-0.15, -0.1) is 0 Å². The minimum atomic E-state index is -10.5. The Labute approximate surface area is 174 Å². The van der Waals surface area contributed by atoms with Crippen LogP contribution in [0.15, 0.2) is 45.0 Å². The molecule has 0 aliphatic rings. The lowest BCUT2D eigenvalue weighted by atomic mass is 10.1. The lowest BCUT2D eigenvalue weighted by Gasteiger charge is -2.41. The van der Waals surface area contributed by atoms with Gasteiger partial charge in [-0.2, -0.15) is 0 Å². The first-order valence-electron chi connectivity index (χ1n) is 7.85. The summed E-state index contributed by atoms with van der Waals surface area (Å²) in [7, 11) is -19.4. The maximum Gasteiger partial charge on any atom is 0.335 e. The molecule has 0 atom stereocenters. The Hall–Kier alpha value is -2.39. The third-order valence-electron chi connectivity index (χ3n) is 3.88. The Morgan fingerprint density at radius 2 is 1.42 bits per heavy atom. The van der Waals surface area contributed by atoms with E-state index >= 15 is 0 Å². The molecule has 0 radical (unpaired) electrons. The SMILES string of the molecule is Cc1cc(Oc2ccc(S(C)(=O)=O)c(S(F)(F)(F)(F)F)c2)c(S(C)(=O)=O)cc1C(=O)O. The number of ether oxygens (including phenoxy) is 1. The topological polar surface area (TPSA) is 115 Å². The van der Waals surface area contributed by atoms with E-state index in [1.54, 1.807) is 0 Å². The Kier molecular flexibility index (Phi) is 5.26. The summed E-state index contributed by atoms with van der Waals surface area (Å²) in [5, 5.41) is 9.13. The predicted molar refractivity (Wildman–Crippen MR) is 102 cm³/mol. The molecule has 2 aromatic carbocycles. The number of sulfone groups is 2. The van der Waals surface area contributed by atoms with Crippen molar-refractivity contribution < 1.29 is 50.9 Å². The lowest BCUT2D eigenvalue weighted by Crippen LogP contribution is -2.13. The molecule has 0 unspecified atom stereocenters. The minimum absolute atomic E-state index is 0.0319. The average Bonchev–Trinajstić information content (AvgIpc) is 2.50. The van der Waals surface area contributed by atoms with Crippen molar-refractivity contribution in [1.29, 1.82) is 0 Å². The van der Waals surface area contributed by atoms with E-state index in [1.807, 2.05) is 0 Å². The van der Waals surface area contributed by atoms with Crippen molar-refractivity contribution in [2.75, 3.05) is 12.5 Å². The molecule has 7 nitrogen and oxygen atoms in total. The summed E-state index contributed by atoms with van der Waals surface area (Å²) in [5.74, 6) is -3.07. The fourth-order valence-corrected chi connectivity index (χ4v) is 5.80. The van der Waals surface area contributed by atoms with Crippen LogP contribution in [0.25, 0.3) is 0 Å². The second-order valence-corrected chi connectivity index (χ2v) is 13.0. The van der Waals surface area contributed by atoms with Gasteiger partial charge in [-0.3, -0.25) is 0 Å². The van der Waals surface area contributed by atoms with Gasteiger partial charge in [0.25, 0.3) is 0 Å². The molecule has 0 spiro atoms. The van der Waals surface area contributed by atoms with E-state index in [0.717, 1.165) is 6.07 Å². The molecule has 1 N–H and O–H groups in total. The summed E-state index contributed by atoms with van der Waals surface area (Å²) in [4.78, 5) is 6.10. The predicted octanol–water partition coefficient (Wildman–Crippen LogP) is 4.95. The van der Waals surface area contributed by atoms with Crippen molar-refractivity contribution in [3.05, 3.63) is 41.5 Å². The smallest absolute Gasteiger partial charge is 0.335 e. The fourth-order valence-electron chi connectivity index (χ4n) is 2.55. The molecule has 0 heterocycles. The number of benzene rings is 2. The number of halogens is 5. The molecular weight excluding hydrogens is 495 g/mol. The molecule has 0 saturated heterocycles. The van der Waals surface area contributed by atoms with Gasteiger partial charge in [0.2, 0.25) is 0 Å². The van der Waals surface area contributed by atoms with Gasteiger partial charge in [0, 0.05) is 18.6 Å². The number of aryl methyl sites for hydroxylation is 1. The molecule has 2 aromatic rings. The lowest BCUT2D eigenvalue weighted by molar-refractivity contribution is 0.0695. The molecule has 0 aliphatic heterocycles. The van der Waals surface area contributed by atoms with Crippen LogP contribution in [-0.4, -0.2) is 40.4 Å². The number of hydrogen-bond donors (Lipinski definition) is 1. The number of carbonyl (C=O) groups is 1. The van der Waals surface area contributed by atoms with Crippen molar-refractivity contribution in [2.45, 2.75) is 21.6 Å². The van der Waals surface area contributed by atoms with Crippen LogP contribution < -0.4 is 4.74 Å². The highest BCUT2D eigenvalue weighted by molar-refractivity contribution is 8.45. The molecule has 15 heteroatoms. The Morgan fingerprint density at radius 3 is 1.84 bits per heavy atom. The summed E-state index contributed by atoms with van der Waals surface area (Å²) in [6.07, 6.45) is 0.981. The second kappa shape index (κ2) is 6.56. The number of aromatic carboxylic acids is 1. The largest absolute Gasteiger partial charge is 0.478 e. The maximum atomic E-state index is 13.5. The van der Waals surface area contributed by atoms with Gasteiger partial charge in [-0.1, -0.05) is 19.4 Å². The maximum absolute atomic E-state index is 13.5. The van der Waals surface area contributed by atoms with Crippen LogP contribution in [0.2, 0.25) is 0 Å². The first-order valence-corrected chi connectivity index (χ1v) is 13.6. The van der Waals surface area contributed by atoms with Gasteiger partial charge in [0.1, 0.15) is 21.3 Å². The molecular formula is C16H15F5O7S3. The molecule has 31 heavy (non-hydrogen) atoms. The Balaban J connectivity index is 2.80. The average molecular weight is 510 g/mol. The zero-order chi connectivity index (χ0) is 24.3. The first kappa shape index (κ1) is 24.9. The Bertz CT molecular complexity index is 1320. The van der Waals surface area contributed by atoms with Gasteiger partial charge >= 0.3 is 16.2 Å². The molecule has 0 aromatic heterocycles. The first-order chi connectivity index (χ1) is 13.5. The molecule has 0 bridgehead atoms. The summed E-state index contributed by atoms with van der Waals surface area (Å²) in [6.45, 7) is 1.25. The number of rotatable bonds is 6. The van der Waals surface area contributed by atoms with Crippen molar-refractivity contribution in [2.24, 2.45) is 0 Å². The van der Waals surface area contributed by atoms with Gasteiger partial charge in [-0.25, -0.2) is 21.6 Å². The zero-order valence-corrected chi connectivity index (χ0v) is 18.3. The van der Waals surface area contributed by atoms with Crippen LogP contribution >= 0.6 is 10.2 Å². The standard InChI is InChI=1S/C16H15F5O7S3/c1-9-6-12(14(30(3,26)27)8-11(9)16(22)23)28-10-4-5-13(29(2,24)25)15(7-10)31(17,18,19,20)21/h4-8H,1-3H3,(H,22,23). The number of carboxylic acid groups (broad SMARTS) is 1. The molecule has 2 rings (SSSR count). The normalized spacial score (nSPS) is 15.1. The van der Waals surface area contributed by atoms with Gasteiger partial charge in [0.15, 0.2) is 19.7 Å². The minimum Gasteiger partial charge on any atom is -0.478 e. The highest BCUT2D eigenvalue weighted by atomic mass is 32.5. The van der Waals surface area contributed by atoms with E-state index in [0.29, 0.717) is 24.6 Å². The Morgan fingerprint density at radius 1 is 0.903 bits per heavy atom. The van der Waals surface area contributed by atoms with Crippen LogP contribution in [0.4, 0.5) is 19.4 Å². The van der Waals surface area contributed by atoms with Gasteiger partial charge in [0.05, 0.1) is 10.5 Å². The quantitative estimate of drug-likeness (QED) is 0.547. The monoisotopic (exact) mass is 510 g/mol. The third kappa shape index (κ3) is 5.65. The van der Waals surface area contributed by atoms with Crippen molar-refractivity contribution in [1.82, 2.24) is 0 Å². The van der Waals surface area contributed by atoms with Crippen molar-refractivity contribution >= 4 is 35.9 Å². The number of carboxylic acids is 1. The summed E-state index contributed by atoms with van der Waals surface area (Å²) in [5.41, 5.74) is -0.469. The van der Waals surface area contributed by atoms with Crippen molar-refractivity contribution in [3.63, 3.8) is 0 Å². The molecule has 0 fully saturated rings. The number of hydrogen-bond acceptors (Lipinski definition) is 6. The van der Waals surface area contributed by atoms with E-state index in [2.05, 4.69) is 0 Å². The third-order valence-corrected chi connectivity index (χ3v) is 7.45. The van der Waals surface area contributed by atoms with Crippen LogP contribution in [0.1, 0.15) is 15.9 Å². The summed E-state index contributed by atoms with van der Waals surface area (Å²) < 4.78 is 120. The molecule has 0 saturated carbocycles. The van der Waals surface area contributed by atoms with Crippen LogP contribution in [0.5, 0.6) is 11.5 Å². The fraction of sp³-hybridized carbons (Fsp3) is 0.188. The highest BCUT2D eigenvalue weighted by Gasteiger charge is 2.67. The van der Waals surface area contributed by atoms with E-state index in [1.165, 1.54) is 6.92 Å². The summed E-state index contributed by atoms with van der Waals surface area (Å²) >= 11 is 0.